The van der Waals surface area contributed by atoms with Crippen molar-refractivity contribution in [3.8, 4) is 0 Å². The topological polar surface area (TPSA) is 46.3 Å². The van der Waals surface area contributed by atoms with E-state index in [9.17, 15) is 4.79 Å². The van der Waals surface area contributed by atoms with E-state index in [1.54, 1.807) is 11.8 Å². The number of thioether (sulfide) groups is 1. The van der Waals surface area contributed by atoms with Crippen LogP contribution >= 0.6 is 11.8 Å². The molecule has 0 aliphatic carbocycles. The number of amides is 1. The molecule has 2 N–H and O–H groups in total. The zero-order valence-electron chi connectivity index (χ0n) is 10.1. The van der Waals surface area contributed by atoms with Crippen LogP contribution in [0.25, 0.3) is 0 Å². The van der Waals surface area contributed by atoms with Gasteiger partial charge in [0.05, 0.1) is 5.75 Å². The Morgan fingerprint density at radius 3 is 3.06 bits per heavy atom. The molecule has 0 saturated carbocycles. The van der Waals surface area contributed by atoms with Gasteiger partial charge in [0.15, 0.2) is 0 Å². The molecule has 0 fully saturated rings. The summed E-state index contributed by atoms with van der Waals surface area (Å²) >= 11 is 1.63. The third-order valence-corrected chi connectivity index (χ3v) is 4.19. The monoisotopic (exact) mass is 250 g/mol. The standard InChI is InChI=1S/C13H18N2OS/c1-10(8-14)17-9-13(16)15-7-6-11-4-2-3-5-12(11)15/h2-5,10H,6-9,14H2,1H3. The maximum atomic E-state index is 12.1. The molecular formula is C13H18N2OS. The number of carbonyl (C=O) groups excluding carboxylic acids is 1. The lowest BCUT2D eigenvalue weighted by atomic mass is 10.2. The molecule has 0 spiro atoms. The van der Waals surface area contributed by atoms with Crippen molar-refractivity contribution in [3.63, 3.8) is 0 Å². The van der Waals surface area contributed by atoms with Gasteiger partial charge in [-0.05, 0) is 18.1 Å². The molecule has 1 amide bonds. The molecular weight excluding hydrogens is 232 g/mol. The third-order valence-electron chi connectivity index (χ3n) is 3.01. The molecule has 3 nitrogen and oxygen atoms in total. The maximum absolute atomic E-state index is 12.1. The minimum atomic E-state index is 0.195. The number of para-hydroxylation sites is 1. The molecule has 0 saturated heterocycles. The highest BCUT2D eigenvalue weighted by Gasteiger charge is 2.23. The van der Waals surface area contributed by atoms with E-state index in [1.807, 2.05) is 23.1 Å². The van der Waals surface area contributed by atoms with Crippen molar-refractivity contribution in [1.29, 1.82) is 0 Å². The van der Waals surface area contributed by atoms with E-state index in [-0.39, 0.29) is 5.91 Å². The molecule has 1 atom stereocenters. The second kappa shape index (κ2) is 5.56. The molecule has 1 unspecified atom stereocenters. The summed E-state index contributed by atoms with van der Waals surface area (Å²) in [5.41, 5.74) is 7.90. The van der Waals surface area contributed by atoms with Crippen LogP contribution in [-0.2, 0) is 11.2 Å². The van der Waals surface area contributed by atoms with E-state index < -0.39 is 0 Å². The Morgan fingerprint density at radius 1 is 1.53 bits per heavy atom. The number of benzene rings is 1. The van der Waals surface area contributed by atoms with Crippen molar-refractivity contribution in [1.82, 2.24) is 0 Å². The van der Waals surface area contributed by atoms with Crippen molar-refractivity contribution in [2.45, 2.75) is 18.6 Å². The van der Waals surface area contributed by atoms with Gasteiger partial charge >= 0.3 is 0 Å². The van der Waals surface area contributed by atoms with Crippen LogP contribution in [0.5, 0.6) is 0 Å². The predicted octanol–water partition coefficient (Wildman–Crippen LogP) is 1.66. The lowest BCUT2D eigenvalue weighted by Crippen LogP contribution is -2.31. The van der Waals surface area contributed by atoms with Gasteiger partial charge < -0.3 is 10.6 Å². The van der Waals surface area contributed by atoms with Crippen LogP contribution in [0.1, 0.15) is 12.5 Å². The van der Waals surface area contributed by atoms with Gasteiger partial charge in [-0.15, -0.1) is 11.8 Å². The SMILES string of the molecule is CC(CN)SCC(=O)N1CCc2ccccc21. The second-order valence-electron chi connectivity index (χ2n) is 4.28. The van der Waals surface area contributed by atoms with Crippen LogP contribution in [0.3, 0.4) is 0 Å². The Kier molecular flexibility index (Phi) is 4.07. The first kappa shape index (κ1) is 12.5. The summed E-state index contributed by atoms with van der Waals surface area (Å²) in [4.78, 5) is 14.0. The fraction of sp³-hybridized carbons (Fsp3) is 0.462. The molecule has 0 aromatic heterocycles. The Bertz CT molecular complexity index is 408. The molecule has 1 aliphatic heterocycles. The number of nitrogens with two attached hydrogens (primary N) is 1. The van der Waals surface area contributed by atoms with Gasteiger partial charge in [0.1, 0.15) is 0 Å². The maximum Gasteiger partial charge on any atom is 0.237 e. The molecule has 0 bridgehead atoms. The summed E-state index contributed by atoms with van der Waals surface area (Å²) in [5, 5.41) is 0.344. The fourth-order valence-corrected chi connectivity index (χ4v) is 2.68. The minimum Gasteiger partial charge on any atom is -0.329 e. The van der Waals surface area contributed by atoms with Gasteiger partial charge in [0.2, 0.25) is 5.91 Å². The van der Waals surface area contributed by atoms with E-state index in [4.69, 9.17) is 5.73 Å². The number of nitrogens with zero attached hydrogens (tertiary/aromatic N) is 1. The van der Waals surface area contributed by atoms with E-state index in [0.717, 1.165) is 18.7 Å². The molecule has 2 rings (SSSR count). The second-order valence-corrected chi connectivity index (χ2v) is 5.71. The van der Waals surface area contributed by atoms with Crippen molar-refractivity contribution in [2.24, 2.45) is 5.73 Å². The van der Waals surface area contributed by atoms with Crippen molar-refractivity contribution < 1.29 is 4.79 Å². The van der Waals surface area contributed by atoms with Crippen LogP contribution in [0, 0.1) is 0 Å². The first-order valence-corrected chi connectivity index (χ1v) is 6.97. The normalized spacial score (nSPS) is 15.8. The number of fused-ring (bicyclic) bond motifs is 1. The molecule has 17 heavy (non-hydrogen) atoms. The van der Waals surface area contributed by atoms with Crippen LogP contribution in [-0.4, -0.2) is 30.0 Å². The summed E-state index contributed by atoms with van der Waals surface area (Å²) < 4.78 is 0. The Balaban J connectivity index is 1.98. The number of anilines is 1. The van der Waals surface area contributed by atoms with Crippen LogP contribution in [0.2, 0.25) is 0 Å². The quantitative estimate of drug-likeness (QED) is 0.884. The average molecular weight is 250 g/mol. The van der Waals surface area contributed by atoms with E-state index in [2.05, 4.69) is 13.0 Å². The largest absolute Gasteiger partial charge is 0.329 e. The van der Waals surface area contributed by atoms with E-state index >= 15 is 0 Å². The van der Waals surface area contributed by atoms with Crippen molar-refractivity contribution in [2.75, 3.05) is 23.7 Å². The molecule has 92 valence electrons. The first-order valence-electron chi connectivity index (χ1n) is 5.92. The average Bonchev–Trinajstić information content (AvgIpc) is 2.79. The smallest absolute Gasteiger partial charge is 0.237 e. The molecule has 1 heterocycles. The summed E-state index contributed by atoms with van der Waals surface area (Å²) in [6.07, 6.45) is 0.971. The predicted molar refractivity (Wildman–Crippen MR) is 73.5 cm³/mol. The van der Waals surface area contributed by atoms with E-state index in [0.29, 0.717) is 17.5 Å². The number of rotatable bonds is 4. The molecule has 1 aliphatic rings. The lowest BCUT2D eigenvalue weighted by molar-refractivity contribution is -0.116. The van der Waals surface area contributed by atoms with Crippen LogP contribution < -0.4 is 10.6 Å². The Morgan fingerprint density at radius 2 is 2.29 bits per heavy atom. The first-order chi connectivity index (χ1) is 8.22. The minimum absolute atomic E-state index is 0.195. The van der Waals surface area contributed by atoms with Gasteiger partial charge in [-0.25, -0.2) is 0 Å². The highest BCUT2D eigenvalue weighted by molar-refractivity contribution is 8.00. The van der Waals surface area contributed by atoms with Gasteiger partial charge in [0.25, 0.3) is 0 Å². The highest BCUT2D eigenvalue weighted by atomic mass is 32.2. The number of hydrogen-bond acceptors (Lipinski definition) is 3. The molecule has 1 aromatic carbocycles. The molecule has 4 heteroatoms. The van der Waals surface area contributed by atoms with Crippen LogP contribution in [0.4, 0.5) is 5.69 Å². The van der Waals surface area contributed by atoms with E-state index in [1.165, 1.54) is 5.56 Å². The van der Waals surface area contributed by atoms with Crippen LogP contribution in [0.15, 0.2) is 24.3 Å². The number of carbonyl (C=O) groups is 1. The van der Waals surface area contributed by atoms with Gasteiger partial charge in [0, 0.05) is 24.0 Å². The molecule has 1 aromatic rings. The van der Waals surface area contributed by atoms with Gasteiger partial charge in [-0.2, -0.15) is 0 Å². The Labute approximate surface area is 106 Å². The highest BCUT2D eigenvalue weighted by Crippen LogP contribution is 2.28. The van der Waals surface area contributed by atoms with Gasteiger partial charge in [-0.3, -0.25) is 4.79 Å². The summed E-state index contributed by atoms with van der Waals surface area (Å²) in [7, 11) is 0. The molecule has 0 radical (unpaired) electrons. The zero-order valence-corrected chi connectivity index (χ0v) is 10.9. The zero-order chi connectivity index (χ0) is 12.3. The Hall–Kier alpha value is -1.00. The fourth-order valence-electron chi connectivity index (χ4n) is 1.96. The summed E-state index contributed by atoms with van der Waals surface area (Å²) in [5.74, 6) is 0.715. The van der Waals surface area contributed by atoms with Crippen molar-refractivity contribution in [3.05, 3.63) is 29.8 Å². The lowest BCUT2D eigenvalue weighted by Gasteiger charge is -2.18. The summed E-state index contributed by atoms with van der Waals surface area (Å²) in [6.45, 7) is 3.49. The third kappa shape index (κ3) is 2.82. The number of hydrogen-bond donors (Lipinski definition) is 1. The van der Waals surface area contributed by atoms with Gasteiger partial charge in [-0.1, -0.05) is 25.1 Å². The summed E-state index contributed by atoms with van der Waals surface area (Å²) in [6, 6.07) is 8.13. The van der Waals surface area contributed by atoms with Crippen molar-refractivity contribution >= 4 is 23.4 Å².